The zero-order valence-electron chi connectivity index (χ0n) is 21.7. The quantitative estimate of drug-likeness (QED) is 0.295. The van der Waals surface area contributed by atoms with Crippen molar-refractivity contribution >= 4 is 16.9 Å². The van der Waals surface area contributed by atoms with Gasteiger partial charge in [-0.1, -0.05) is 90.3 Å². The van der Waals surface area contributed by atoms with Crippen molar-refractivity contribution < 1.29 is 51.0 Å². The van der Waals surface area contributed by atoms with Gasteiger partial charge in [0.2, 0.25) is 0 Å². The summed E-state index contributed by atoms with van der Waals surface area (Å²) in [7, 11) is 0. The molecule has 2 aliphatic rings. The number of fused-ring (bicyclic) bond motifs is 3. The minimum atomic E-state index is 0. The SMILES string of the molecule is CC(C)(C)c1[c-]c2c(cc1)-c1ccc(C(C)(C)C)cc1C2.CC1[C-]=CC(c2cccs2)=C1.[Cl-].[Cl-].[Zr+4]. The Balaban J connectivity index is 0.000000375. The van der Waals surface area contributed by atoms with Crippen LogP contribution in [-0.4, -0.2) is 0 Å². The van der Waals surface area contributed by atoms with Crippen LogP contribution in [0.15, 0.2) is 60.0 Å². The standard InChI is InChI=1S/C21H25.C10H9S.2ClH.Zr/c1-20(2,3)16-7-9-18-14(12-16)11-15-13-17(21(4,5)6)8-10-19(15)18;1-8-4-5-9(7-8)10-3-2-6-11-10;;;/h7-10,12H,11H2,1-6H3;2-3,5-8H,1H3;2*1H;/q2*-1;;;+4/p-2. The second-order valence-electron chi connectivity index (χ2n) is 11.0. The summed E-state index contributed by atoms with van der Waals surface area (Å²) in [6.07, 6.45) is 8.59. The summed E-state index contributed by atoms with van der Waals surface area (Å²) in [6.45, 7) is 15.8. The maximum absolute atomic E-state index is 3.67. The van der Waals surface area contributed by atoms with Gasteiger partial charge in [-0.3, -0.25) is 6.08 Å². The average Bonchev–Trinajstić information content (AvgIpc) is 3.45. The number of halogens is 2. The van der Waals surface area contributed by atoms with Gasteiger partial charge in [0.05, 0.1) is 0 Å². The molecule has 1 atom stereocenters. The van der Waals surface area contributed by atoms with Crippen molar-refractivity contribution in [2.75, 3.05) is 0 Å². The molecule has 182 valence electrons. The maximum Gasteiger partial charge on any atom is 4.00 e. The summed E-state index contributed by atoms with van der Waals surface area (Å²) in [5.41, 5.74) is 10.0. The van der Waals surface area contributed by atoms with Gasteiger partial charge in [0, 0.05) is 0 Å². The van der Waals surface area contributed by atoms with Crippen LogP contribution in [-0.2, 0) is 43.5 Å². The fourth-order valence-electron chi connectivity index (χ4n) is 4.21. The normalized spacial score (nSPS) is 15.4. The van der Waals surface area contributed by atoms with E-state index in [0.717, 1.165) is 6.42 Å². The van der Waals surface area contributed by atoms with E-state index in [4.69, 9.17) is 0 Å². The summed E-state index contributed by atoms with van der Waals surface area (Å²) < 4.78 is 0. The first kappa shape index (κ1) is 32.1. The summed E-state index contributed by atoms with van der Waals surface area (Å²) >= 11 is 1.78. The van der Waals surface area contributed by atoms with Gasteiger partial charge in [-0.2, -0.15) is 46.7 Å². The predicted molar refractivity (Wildman–Crippen MR) is 140 cm³/mol. The molecule has 0 fully saturated rings. The van der Waals surface area contributed by atoms with Crippen LogP contribution in [0.2, 0.25) is 0 Å². The predicted octanol–water partition coefficient (Wildman–Crippen LogP) is 2.80. The van der Waals surface area contributed by atoms with E-state index in [1.54, 1.807) is 11.3 Å². The van der Waals surface area contributed by atoms with Crippen molar-refractivity contribution in [3.8, 4) is 11.1 Å². The Labute approximate surface area is 248 Å². The fraction of sp³-hybridized carbons (Fsp3) is 0.355. The summed E-state index contributed by atoms with van der Waals surface area (Å²) in [5.74, 6) is 0.493. The Hall–Kier alpha value is -0.917. The largest absolute Gasteiger partial charge is 4.00 e. The van der Waals surface area contributed by atoms with E-state index in [2.05, 4.69) is 121 Å². The Morgan fingerprint density at radius 3 is 2.11 bits per heavy atom. The van der Waals surface area contributed by atoms with Crippen LogP contribution in [0.4, 0.5) is 0 Å². The Kier molecular flexibility index (Phi) is 11.5. The van der Waals surface area contributed by atoms with Gasteiger partial charge in [0.1, 0.15) is 0 Å². The van der Waals surface area contributed by atoms with E-state index >= 15 is 0 Å². The molecule has 0 saturated carbocycles. The topological polar surface area (TPSA) is 0 Å². The second-order valence-corrected chi connectivity index (χ2v) is 12.0. The number of hydrogen-bond acceptors (Lipinski definition) is 1. The zero-order chi connectivity index (χ0) is 23.1. The first-order valence-corrected chi connectivity index (χ1v) is 12.4. The monoisotopic (exact) mass is 598 g/mol. The minimum Gasteiger partial charge on any atom is -1.00 e. The van der Waals surface area contributed by atoms with Gasteiger partial charge >= 0.3 is 26.2 Å². The molecule has 5 rings (SSSR count). The van der Waals surface area contributed by atoms with E-state index in [1.807, 2.05) is 0 Å². The molecule has 4 heteroatoms. The van der Waals surface area contributed by atoms with Crippen molar-refractivity contribution in [1.82, 2.24) is 0 Å². The minimum absolute atomic E-state index is 0. The van der Waals surface area contributed by atoms with Crippen molar-refractivity contribution in [3.05, 3.63) is 99.3 Å². The average molecular weight is 601 g/mol. The Morgan fingerprint density at radius 2 is 1.57 bits per heavy atom. The summed E-state index contributed by atoms with van der Waals surface area (Å²) in [6, 6.07) is 19.4. The van der Waals surface area contributed by atoms with Crippen LogP contribution >= 0.6 is 11.3 Å². The summed E-state index contributed by atoms with van der Waals surface area (Å²) in [4.78, 5) is 1.35. The van der Waals surface area contributed by atoms with Crippen LogP contribution in [0.5, 0.6) is 0 Å². The number of hydrogen-bond donors (Lipinski definition) is 0. The molecule has 1 unspecified atom stereocenters. The van der Waals surface area contributed by atoms with Gasteiger partial charge < -0.3 is 24.8 Å². The molecule has 0 nitrogen and oxygen atoms in total. The molecule has 35 heavy (non-hydrogen) atoms. The van der Waals surface area contributed by atoms with Crippen LogP contribution < -0.4 is 24.8 Å². The molecular formula is C31H34Cl2SZr. The molecule has 2 aromatic carbocycles. The molecular weight excluding hydrogens is 567 g/mol. The van der Waals surface area contributed by atoms with E-state index in [1.165, 1.54) is 43.8 Å². The number of benzene rings is 2. The zero-order valence-corrected chi connectivity index (χ0v) is 26.5. The van der Waals surface area contributed by atoms with Gasteiger partial charge in [0.15, 0.2) is 0 Å². The fourth-order valence-corrected chi connectivity index (χ4v) is 4.93. The summed E-state index contributed by atoms with van der Waals surface area (Å²) in [5, 5.41) is 2.10. The molecule has 0 spiro atoms. The third-order valence-electron chi connectivity index (χ3n) is 6.20. The van der Waals surface area contributed by atoms with E-state index in [-0.39, 0.29) is 61.8 Å². The number of thiophene rings is 1. The molecule has 0 aliphatic heterocycles. The molecule has 0 bridgehead atoms. The van der Waals surface area contributed by atoms with Crippen molar-refractivity contribution in [2.45, 2.75) is 65.7 Å². The first-order chi connectivity index (χ1) is 15.0. The van der Waals surface area contributed by atoms with Gasteiger partial charge in [-0.25, -0.2) is 6.08 Å². The molecule has 3 aromatic rings. The van der Waals surface area contributed by atoms with Crippen LogP contribution in [0.1, 0.15) is 75.6 Å². The van der Waals surface area contributed by atoms with Crippen molar-refractivity contribution in [2.24, 2.45) is 5.92 Å². The van der Waals surface area contributed by atoms with E-state index < -0.39 is 0 Å². The first-order valence-electron chi connectivity index (χ1n) is 11.6. The molecule has 2 aliphatic carbocycles. The van der Waals surface area contributed by atoms with Crippen LogP contribution in [0, 0.1) is 18.1 Å². The van der Waals surface area contributed by atoms with Gasteiger partial charge in [-0.15, -0.1) is 11.1 Å². The Bertz CT molecular complexity index is 1110. The second kappa shape index (κ2) is 12.6. The third kappa shape index (κ3) is 7.55. The van der Waals surface area contributed by atoms with Gasteiger partial charge in [0.25, 0.3) is 0 Å². The molecule has 0 amide bonds. The van der Waals surface area contributed by atoms with Gasteiger partial charge in [-0.05, 0) is 38.6 Å². The number of allylic oxidation sites excluding steroid dienone is 4. The smallest absolute Gasteiger partial charge is 1.00 e. The third-order valence-corrected chi connectivity index (χ3v) is 7.12. The van der Waals surface area contributed by atoms with Crippen LogP contribution in [0.3, 0.4) is 0 Å². The van der Waals surface area contributed by atoms with Crippen LogP contribution in [0.25, 0.3) is 16.7 Å². The Morgan fingerprint density at radius 1 is 0.886 bits per heavy atom. The maximum atomic E-state index is 3.67. The molecule has 1 heterocycles. The van der Waals surface area contributed by atoms with E-state index in [0.29, 0.717) is 5.92 Å². The molecule has 0 saturated heterocycles. The van der Waals surface area contributed by atoms with E-state index in [9.17, 15) is 0 Å². The number of rotatable bonds is 1. The van der Waals surface area contributed by atoms with Crippen molar-refractivity contribution in [1.29, 1.82) is 0 Å². The van der Waals surface area contributed by atoms with Crippen molar-refractivity contribution in [3.63, 3.8) is 0 Å². The molecule has 0 N–H and O–H groups in total. The molecule has 0 radical (unpaired) electrons. The molecule has 1 aromatic heterocycles.